The van der Waals surface area contributed by atoms with Gasteiger partial charge in [-0.25, -0.2) is 0 Å². The van der Waals surface area contributed by atoms with Crippen LogP contribution in [0.15, 0.2) is 16.6 Å². The predicted molar refractivity (Wildman–Crippen MR) is 73.6 cm³/mol. The Balaban J connectivity index is 0.000000963. The zero-order valence-corrected chi connectivity index (χ0v) is 12.2. The second kappa shape index (κ2) is 4.67. The third-order valence-corrected chi connectivity index (χ3v) is 4.50. The van der Waals surface area contributed by atoms with Gasteiger partial charge in [-0.3, -0.25) is 0 Å². The summed E-state index contributed by atoms with van der Waals surface area (Å²) in [5, 5.41) is 13.4. The Morgan fingerprint density at radius 2 is 2.12 bits per heavy atom. The lowest BCUT2D eigenvalue weighted by molar-refractivity contribution is 0.412. The molecule has 0 saturated carbocycles. The van der Waals surface area contributed by atoms with Gasteiger partial charge in [0.05, 0.1) is 0 Å². The van der Waals surface area contributed by atoms with E-state index in [4.69, 9.17) is 0 Å². The average Bonchev–Trinajstić information content (AvgIpc) is 2.70. The summed E-state index contributed by atoms with van der Waals surface area (Å²) in [6.07, 6.45) is 2.33. The van der Waals surface area contributed by atoms with Crippen LogP contribution in [0, 0.1) is 5.92 Å². The van der Waals surface area contributed by atoms with Crippen molar-refractivity contribution in [2.45, 2.75) is 18.8 Å². The summed E-state index contributed by atoms with van der Waals surface area (Å²) in [7, 11) is 0. The van der Waals surface area contributed by atoms with Crippen molar-refractivity contribution in [2.75, 3.05) is 13.1 Å². The molecule has 1 fully saturated rings. The minimum Gasteiger partial charge on any atom is -0.508 e. The molecular formula is C12H15Br2NO. The molecule has 1 aromatic rings. The van der Waals surface area contributed by atoms with Crippen molar-refractivity contribution in [2.24, 2.45) is 5.92 Å². The molecule has 0 spiro atoms. The largest absolute Gasteiger partial charge is 0.508 e. The van der Waals surface area contributed by atoms with Gasteiger partial charge in [0, 0.05) is 22.5 Å². The third-order valence-electron chi connectivity index (χ3n) is 3.75. The highest BCUT2D eigenvalue weighted by molar-refractivity contribution is 9.10. The van der Waals surface area contributed by atoms with E-state index < -0.39 is 0 Å². The van der Waals surface area contributed by atoms with Crippen molar-refractivity contribution in [3.63, 3.8) is 0 Å². The van der Waals surface area contributed by atoms with Crippen LogP contribution in [0.25, 0.3) is 0 Å². The first-order valence-corrected chi connectivity index (χ1v) is 6.27. The van der Waals surface area contributed by atoms with Gasteiger partial charge in [-0.15, -0.1) is 17.0 Å². The maximum absolute atomic E-state index is 9.98. The summed E-state index contributed by atoms with van der Waals surface area (Å²) in [5.41, 5.74) is 2.51. The van der Waals surface area contributed by atoms with Crippen molar-refractivity contribution in [1.82, 2.24) is 5.32 Å². The van der Waals surface area contributed by atoms with E-state index >= 15 is 0 Å². The number of phenolic OH excluding ortho intramolecular Hbond substituents is 1. The van der Waals surface area contributed by atoms with E-state index in [1.165, 1.54) is 17.5 Å². The number of nitrogens with one attached hydrogen (secondary N) is 1. The van der Waals surface area contributed by atoms with E-state index in [0.29, 0.717) is 11.7 Å². The zero-order chi connectivity index (χ0) is 10.4. The number of aromatic hydroxyl groups is 1. The molecule has 2 nitrogen and oxygen atoms in total. The molecule has 1 saturated heterocycles. The second-order valence-corrected chi connectivity index (χ2v) is 5.38. The van der Waals surface area contributed by atoms with Gasteiger partial charge in [0.25, 0.3) is 0 Å². The quantitative estimate of drug-likeness (QED) is 0.755. The van der Waals surface area contributed by atoms with E-state index in [0.717, 1.165) is 29.9 Å². The fourth-order valence-corrected chi connectivity index (χ4v) is 3.54. The van der Waals surface area contributed by atoms with Gasteiger partial charge in [-0.2, -0.15) is 0 Å². The van der Waals surface area contributed by atoms with E-state index in [2.05, 4.69) is 21.2 Å². The molecule has 1 aromatic carbocycles. The van der Waals surface area contributed by atoms with Gasteiger partial charge in [0.2, 0.25) is 0 Å². The first-order chi connectivity index (χ1) is 7.27. The molecule has 16 heavy (non-hydrogen) atoms. The molecule has 0 aromatic heterocycles. The second-order valence-electron chi connectivity index (χ2n) is 4.52. The first-order valence-electron chi connectivity index (χ1n) is 5.48. The standard InChI is InChI=1S/C12H14BrNO.BrH/c13-10-3-4-11(15)12-8(10)2-1-7-5-14-6-9(7)12;/h3-4,7,9,14-15H,1-2,5-6H2;1H. The lowest BCUT2D eigenvalue weighted by Gasteiger charge is -2.28. The fraction of sp³-hybridized carbons (Fsp3) is 0.500. The Labute approximate surface area is 114 Å². The van der Waals surface area contributed by atoms with Crippen LogP contribution in [0.5, 0.6) is 5.75 Å². The Bertz CT molecular complexity index is 408. The zero-order valence-electron chi connectivity index (χ0n) is 8.87. The number of hydrogen-bond acceptors (Lipinski definition) is 2. The molecule has 0 bridgehead atoms. The van der Waals surface area contributed by atoms with Crippen molar-refractivity contribution < 1.29 is 5.11 Å². The SMILES string of the molecule is Br.Oc1ccc(Br)c2c1C1CNCC1CC2. The molecule has 1 aliphatic carbocycles. The van der Waals surface area contributed by atoms with Crippen molar-refractivity contribution in [1.29, 1.82) is 0 Å². The number of fused-ring (bicyclic) bond motifs is 3. The molecule has 2 atom stereocenters. The van der Waals surface area contributed by atoms with Gasteiger partial charge in [-0.1, -0.05) is 15.9 Å². The molecule has 2 unspecified atom stereocenters. The van der Waals surface area contributed by atoms with Gasteiger partial charge in [0.1, 0.15) is 5.75 Å². The highest BCUT2D eigenvalue weighted by Gasteiger charge is 2.35. The topological polar surface area (TPSA) is 32.3 Å². The Kier molecular flexibility index (Phi) is 3.62. The number of halogens is 2. The normalized spacial score (nSPS) is 26.8. The Morgan fingerprint density at radius 3 is 2.94 bits per heavy atom. The molecule has 1 aliphatic heterocycles. The molecule has 0 amide bonds. The van der Waals surface area contributed by atoms with Crippen LogP contribution >= 0.6 is 32.9 Å². The van der Waals surface area contributed by atoms with E-state index in [1.807, 2.05) is 12.1 Å². The van der Waals surface area contributed by atoms with Gasteiger partial charge in [0.15, 0.2) is 0 Å². The number of hydrogen-bond donors (Lipinski definition) is 2. The minimum atomic E-state index is 0. The smallest absolute Gasteiger partial charge is 0.119 e. The molecule has 2 N–H and O–H groups in total. The van der Waals surface area contributed by atoms with Gasteiger partial charge >= 0.3 is 0 Å². The predicted octanol–water partition coefficient (Wildman–Crippen LogP) is 2.98. The van der Waals surface area contributed by atoms with Crippen molar-refractivity contribution >= 4 is 32.9 Å². The molecule has 88 valence electrons. The highest BCUT2D eigenvalue weighted by atomic mass is 79.9. The molecule has 4 heteroatoms. The molecule has 2 aliphatic rings. The monoisotopic (exact) mass is 347 g/mol. The average molecular weight is 349 g/mol. The maximum Gasteiger partial charge on any atom is 0.119 e. The van der Waals surface area contributed by atoms with Crippen molar-refractivity contribution in [3.8, 4) is 5.75 Å². The Hall–Kier alpha value is -0.0600. The Morgan fingerprint density at radius 1 is 1.31 bits per heavy atom. The van der Waals surface area contributed by atoms with Gasteiger partial charge in [-0.05, 0) is 43.0 Å². The number of phenols is 1. The van der Waals surface area contributed by atoms with Crippen LogP contribution in [-0.2, 0) is 6.42 Å². The van der Waals surface area contributed by atoms with Gasteiger partial charge < -0.3 is 10.4 Å². The molecule has 0 radical (unpaired) electrons. The number of benzene rings is 1. The van der Waals surface area contributed by atoms with Crippen LogP contribution < -0.4 is 5.32 Å². The van der Waals surface area contributed by atoms with Crippen LogP contribution in [0.3, 0.4) is 0 Å². The summed E-state index contributed by atoms with van der Waals surface area (Å²) in [5.74, 6) is 1.72. The van der Waals surface area contributed by atoms with Crippen LogP contribution in [0.4, 0.5) is 0 Å². The van der Waals surface area contributed by atoms with E-state index in [9.17, 15) is 5.11 Å². The van der Waals surface area contributed by atoms with Crippen molar-refractivity contribution in [3.05, 3.63) is 27.7 Å². The van der Waals surface area contributed by atoms with Crippen LogP contribution in [0.2, 0.25) is 0 Å². The molecule has 1 heterocycles. The summed E-state index contributed by atoms with van der Waals surface area (Å²) in [4.78, 5) is 0. The minimum absolute atomic E-state index is 0. The maximum atomic E-state index is 9.98. The lowest BCUT2D eigenvalue weighted by Crippen LogP contribution is -2.19. The summed E-state index contributed by atoms with van der Waals surface area (Å²) in [6.45, 7) is 2.12. The van der Waals surface area contributed by atoms with Crippen LogP contribution in [0.1, 0.15) is 23.5 Å². The van der Waals surface area contributed by atoms with Crippen LogP contribution in [-0.4, -0.2) is 18.2 Å². The summed E-state index contributed by atoms with van der Waals surface area (Å²) < 4.78 is 1.15. The summed E-state index contributed by atoms with van der Waals surface area (Å²) in [6, 6.07) is 3.76. The molecular weight excluding hydrogens is 334 g/mol. The molecule has 3 rings (SSSR count). The van der Waals surface area contributed by atoms with E-state index in [-0.39, 0.29) is 17.0 Å². The van der Waals surface area contributed by atoms with E-state index in [1.54, 1.807) is 0 Å². The number of rotatable bonds is 0. The highest BCUT2D eigenvalue weighted by Crippen LogP contribution is 2.44. The third kappa shape index (κ3) is 1.81. The fourth-order valence-electron chi connectivity index (χ4n) is 3.00. The summed E-state index contributed by atoms with van der Waals surface area (Å²) >= 11 is 3.58. The lowest BCUT2D eigenvalue weighted by atomic mass is 9.77. The first kappa shape index (κ1) is 12.4.